The minimum Gasteiger partial charge on any atom is -0.435 e. The normalized spacial score (nSPS) is 11.1. The van der Waals surface area contributed by atoms with E-state index >= 15 is 0 Å². The van der Waals surface area contributed by atoms with Gasteiger partial charge in [0, 0.05) is 37.7 Å². The number of benzene rings is 2. The molecule has 1 heterocycles. The van der Waals surface area contributed by atoms with Gasteiger partial charge in [0.05, 0.1) is 5.56 Å². The van der Waals surface area contributed by atoms with Gasteiger partial charge in [-0.25, -0.2) is 0 Å². The van der Waals surface area contributed by atoms with E-state index in [2.05, 4.69) is 4.74 Å². The number of rotatable bonds is 5. The number of hydrogen-bond acceptors (Lipinski definition) is 2. The minimum atomic E-state index is -2.85. The van der Waals surface area contributed by atoms with Gasteiger partial charge < -0.3 is 14.2 Å². The van der Waals surface area contributed by atoms with Gasteiger partial charge in [-0.05, 0) is 23.8 Å². The van der Waals surface area contributed by atoms with Crippen LogP contribution in [0.15, 0.2) is 54.7 Å². The molecular formula is C19H18F2N2O2. The van der Waals surface area contributed by atoms with E-state index in [1.807, 2.05) is 42.1 Å². The molecule has 0 bridgehead atoms. The fourth-order valence-corrected chi connectivity index (χ4v) is 2.84. The summed E-state index contributed by atoms with van der Waals surface area (Å²) >= 11 is 0. The summed E-state index contributed by atoms with van der Waals surface area (Å²) in [5.41, 5.74) is 2.46. The van der Waals surface area contributed by atoms with Gasteiger partial charge in [-0.3, -0.25) is 4.79 Å². The predicted molar refractivity (Wildman–Crippen MR) is 91.8 cm³/mol. The average Bonchev–Trinajstić information content (AvgIpc) is 2.93. The van der Waals surface area contributed by atoms with Crippen LogP contribution in [0.25, 0.3) is 10.9 Å². The fraction of sp³-hybridized carbons (Fsp3) is 0.211. The Morgan fingerprint density at radius 2 is 1.84 bits per heavy atom. The van der Waals surface area contributed by atoms with E-state index in [1.54, 1.807) is 24.1 Å². The monoisotopic (exact) mass is 344 g/mol. The molecule has 0 radical (unpaired) electrons. The maximum absolute atomic E-state index is 12.8. The van der Waals surface area contributed by atoms with E-state index in [4.69, 9.17) is 0 Å². The molecule has 3 rings (SSSR count). The van der Waals surface area contributed by atoms with Gasteiger partial charge >= 0.3 is 6.61 Å². The average molecular weight is 344 g/mol. The van der Waals surface area contributed by atoms with E-state index in [9.17, 15) is 13.6 Å². The van der Waals surface area contributed by atoms with E-state index in [-0.39, 0.29) is 11.7 Å². The van der Waals surface area contributed by atoms with Gasteiger partial charge in [-0.2, -0.15) is 8.78 Å². The third kappa shape index (κ3) is 3.63. The molecule has 25 heavy (non-hydrogen) atoms. The first kappa shape index (κ1) is 17.0. The van der Waals surface area contributed by atoms with Crippen molar-refractivity contribution in [1.82, 2.24) is 9.47 Å². The van der Waals surface area contributed by atoms with Crippen LogP contribution in [-0.2, 0) is 13.6 Å². The molecule has 1 aromatic heterocycles. The zero-order chi connectivity index (χ0) is 18.0. The molecule has 0 spiro atoms. The Kier molecular flexibility index (Phi) is 4.70. The Hall–Kier alpha value is -2.89. The van der Waals surface area contributed by atoms with Crippen LogP contribution < -0.4 is 4.74 Å². The van der Waals surface area contributed by atoms with Crippen LogP contribution >= 0.6 is 0 Å². The highest BCUT2D eigenvalue weighted by atomic mass is 19.3. The molecule has 4 nitrogen and oxygen atoms in total. The van der Waals surface area contributed by atoms with E-state index in [0.29, 0.717) is 12.1 Å². The lowest BCUT2D eigenvalue weighted by molar-refractivity contribution is -0.0498. The van der Waals surface area contributed by atoms with E-state index < -0.39 is 6.61 Å². The lowest BCUT2D eigenvalue weighted by Crippen LogP contribution is -2.26. The van der Waals surface area contributed by atoms with Crippen molar-refractivity contribution in [3.8, 4) is 5.75 Å². The summed E-state index contributed by atoms with van der Waals surface area (Å²) < 4.78 is 30.6. The summed E-state index contributed by atoms with van der Waals surface area (Å²) in [5, 5.41) is 0.905. The zero-order valence-corrected chi connectivity index (χ0v) is 13.9. The van der Waals surface area contributed by atoms with Crippen molar-refractivity contribution in [2.45, 2.75) is 13.2 Å². The summed E-state index contributed by atoms with van der Waals surface area (Å²) in [5.74, 6) is 0.00601. The van der Waals surface area contributed by atoms with E-state index in [0.717, 1.165) is 16.5 Å². The Morgan fingerprint density at radius 1 is 1.16 bits per heavy atom. The zero-order valence-electron chi connectivity index (χ0n) is 13.9. The standard InChI is InChI=1S/C19H18F2N2O2/c1-22-12-16(15-5-3-4-6-17(15)22)18(24)23(2)11-13-7-9-14(10-8-13)25-19(20)21/h3-10,12,19H,11H2,1-2H3. The van der Waals surface area contributed by atoms with Gasteiger partial charge in [-0.1, -0.05) is 30.3 Å². The molecule has 0 saturated heterocycles. The second-order valence-electron chi connectivity index (χ2n) is 5.85. The minimum absolute atomic E-state index is 0.0929. The molecule has 0 aliphatic heterocycles. The number of carbonyl (C=O) groups is 1. The van der Waals surface area contributed by atoms with Gasteiger partial charge in [0.25, 0.3) is 5.91 Å². The predicted octanol–water partition coefficient (Wildman–Crippen LogP) is 4.05. The number of halogens is 2. The number of aromatic nitrogens is 1. The molecule has 0 aliphatic rings. The SMILES string of the molecule is CN(Cc1ccc(OC(F)F)cc1)C(=O)c1cn(C)c2ccccc12. The lowest BCUT2D eigenvalue weighted by Gasteiger charge is -2.17. The highest BCUT2D eigenvalue weighted by Gasteiger charge is 2.17. The number of aryl methyl sites for hydroxylation is 1. The van der Waals surface area contributed by atoms with E-state index in [1.165, 1.54) is 12.1 Å². The highest BCUT2D eigenvalue weighted by Crippen LogP contribution is 2.22. The third-order valence-corrected chi connectivity index (χ3v) is 4.04. The van der Waals surface area contributed by atoms with Crippen LogP contribution in [0.4, 0.5) is 8.78 Å². The van der Waals surface area contributed by atoms with Crippen LogP contribution in [0.5, 0.6) is 5.75 Å². The smallest absolute Gasteiger partial charge is 0.387 e. The Labute approximate surface area is 144 Å². The number of carbonyl (C=O) groups excluding carboxylic acids is 1. The first-order chi connectivity index (χ1) is 12.0. The Bertz CT molecular complexity index is 888. The van der Waals surface area contributed by atoms with Gasteiger partial charge in [0.2, 0.25) is 0 Å². The Morgan fingerprint density at radius 3 is 2.52 bits per heavy atom. The maximum Gasteiger partial charge on any atom is 0.387 e. The summed E-state index contributed by atoms with van der Waals surface area (Å²) in [6, 6.07) is 14.0. The van der Waals surface area contributed by atoms with Crippen molar-refractivity contribution in [1.29, 1.82) is 0 Å². The van der Waals surface area contributed by atoms with Crippen LogP contribution in [0.3, 0.4) is 0 Å². The second kappa shape index (κ2) is 6.93. The van der Waals surface area contributed by atoms with Crippen LogP contribution in [0.1, 0.15) is 15.9 Å². The second-order valence-corrected chi connectivity index (χ2v) is 5.85. The number of para-hydroxylation sites is 1. The highest BCUT2D eigenvalue weighted by molar-refractivity contribution is 6.06. The molecule has 1 amide bonds. The fourth-order valence-electron chi connectivity index (χ4n) is 2.84. The van der Waals surface area contributed by atoms with Gasteiger partial charge in [-0.15, -0.1) is 0 Å². The number of amides is 1. The lowest BCUT2D eigenvalue weighted by atomic mass is 10.1. The van der Waals surface area contributed by atoms with Gasteiger partial charge in [0.1, 0.15) is 5.75 Å². The van der Waals surface area contributed by atoms with Crippen molar-refractivity contribution >= 4 is 16.8 Å². The Balaban J connectivity index is 1.76. The first-order valence-corrected chi connectivity index (χ1v) is 7.79. The quantitative estimate of drug-likeness (QED) is 0.700. The molecular weight excluding hydrogens is 326 g/mol. The number of alkyl halides is 2. The maximum atomic E-state index is 12.8. The third-order valence-electron chi connectivity index (χ3n) is 4.04. The molecule has 2 aromatic carbocycles. The molecule has 0 saturated carbocycles. The first-order valence-electron chi connectivity index (χ1n) is 7.79. The molecule has 0 aliphatic carbocycles. The van der Waals surface area contributed by atoms with Crippen molar-refractivity contribution in [2.24, 2.45) is 7.05 Å². The summed E-state index contributed by atoms with van der Waals surface area (Å²) in [6.45, 7) is -2.47. The van der Waals surface area contributed by atoms with Crippen molar-refractivity contribution in [3.63, 3.8) is 0 Å². The molecule has 130 valence electrons. The van der Waals surface area contributed by atoms with Crippen molar-refractivity contribution in [3.05, 3.63) is 65.9 Å². The summed E-state index contributed by atoms with van der Waals surface area (Å²) in [7, 11) is 3.62. The van der Waals surface area contributed by atoms with Crippen molar-refractivity contribution in [2.75, 3.05) is 7.05 Å². The number of hydrogen-bond donors (Lipinski definition) is 0. The van der Waals surface area contributed by atoms with Crippen LogP contribution in [-0.4, -0.2) is 29.0 Å². The number of ether oxygens (including phenoxy) is 1. The molecule has 0 N–H and O–H groups in total. The topological polar surface area (TPSA) is 34.5 Å². The summed E-state index contributed by atoms with van der Waals surface area (Å²) in [4.78, 5) is 14.4. The van der Waals surface area contributed by atoms with Crippen molar-refractivity contribution < 1.29 is 18.3 Å². The molecule has 0 unspecified atom stereocenters. The summed E-state index contributed by atoms with van der Waals surface area (Å²) in [6.07, 6.45) is 1.82. The molecule has 0 atom stereocenters. The molecule has 0 fully saturated rings. The number of nitrogens with zero attached hydrogens (tertiary/aromatic N) is 2. The van der Waals surface area contributed by atoms with Crippen LogP contribution in [0, 0.1) is 0 Å². The molecule has 3 aromatic rings. The number of fused-ring (bicyclic) bond motifs is 1. The largest absolute Gasteiger partial charge is 0.435 e. The molecule has 6 heteroatoms. The van der Waals surface area contributed by atoms with Crippen LogP contribution in [0.2, 0.25) is 0 Å². The van der Waals surface area contributed by atoms with Gasteiger partial charge in [0.15, 0.2) is 0 Å².